The van der Waals surface area contributed by atoms with Crippen molar-refractivity contribution < 1.29 is 12.8 Å². The summed E-state index contributed by atoms with van der Waals surface area (Å²) in [7, 11) is -3.74. The number of hydrogen-bond acceptors (Lipinski definition) is 6. The highest BCUT2D eigenvalue weighted by Gasteiger charge is 2.20. The van der Waals surface area contributed by atoms with Crippen molar-refractivity contribution in [3.8, 4) is 11.5 Å². The Kier molecular flexibility index (Phi) is 4.45. The molecule has 8 nitrogen and oxygen atoms in total. The van der Waals surface area contributed by atoms with E-state index in [0.29, 0.717) is 29.5 Å². The maximum Gasteiger partial charge on any atom is 0.259 e. The third-order valence-corrected chi connectivity index (χ3v) is 4.80. The second-order valence-corrected chi connectivity index (χ2v) is 6.78. The summed E-state index contributed by atoms with van der Waals surface area (Å²) in [4.78, 5) is 12.5. The molecule has 3 heterocycles. The summed E-state index contributed by atoms with van der Waals surface area (Å²) in [5, 5.41) is -0.00899. The standard InChI is InChI=1S/C15H17N5O3S/c1-3-20-10-14(19-11(20)2)24(21,22)18-9-12-15(17-7-6-16-12)13-5-4-8-23-13/h4-8,10,18H,3,9H2,1-2H3. The van der Waals surface area contributed by atoms with Crippen LogP contribution in [0.2, 0.25) is 0 Å². The summed E-state index contributed by atoms with van der Waals surface area (Å²) >= 11 is 0. The number of aromatic nitrogens is 4. The van der Waals surface area contributed by atoms with Crippen molar-refractivity contribution in [1.82, 2.24) is 24.2 Å². The summed E-state index contributed by atoms with van der Waals surface area (Å²) in [5.74, 6) is 1.18. The predicted molar refractivity (Wildman–Crippen MR) is 86.4 cm³/mol. The minimum atomic E-state index is -3.74. The average Bonchev–Trinajstić information content (AvgIpc) is 3.23. The molecule has 1 N–H and O–H groups in total. The first kappa shape index (κ1) is 16.3. The lowest BCUT2D eigenvalue weighted by Gasteiger charge is -2.06. The fraction of sp³-hybridized carbons (Fsp3) is 0.267. The molecule has 0 spiro atoms. The van der Waals surface area contributed by atoms with Crippen LogP contribution < -0.4 is 4.72 Å². The van der Waals surface area contributed by atoms with Gasteiger partial charge in [0.05, 0.1) is 18.5 Å². The highest BCUT2D eigenvalue weighted by atomic mass is 32.2. The van der Waals surface area contributed by atoms with E-state index in [1.54, 1.807) is 23.6 Å². The first-order valence-corrected chi connectivity index (χ1v) is 8.86. The predicted octanol–water partition coefficient (Wildman–Crippen LogP) is 1.74. The number of nitrogens with zero attached hydrogens (tertiary/aromatic N) is 4. The van der Waals surface area contributed by atoms with E-state index in [0.717, 1.165) is 0 Å². The lowest BCUT2D eigenvalue weighted by molar-refractivity contribution is 0.572. The molecule has 3 rings (SSSR count). The van der Waals surface area contributed by atoms with Gasteiger partial charge >= 0.3 is 0 Å². The Morgan fingerprint density at radius 2 is 2.08 bits per heavy atom. The number of aryl methyl sites for hydroxylation is 2. The van der Waals surface area contributed by atoms with Crippen molar-refractivity contribution in [2.45, 2.75) is 32.0 Å². The van der Waals surface area contributed by atoms with Crippen LogP contribution in [-0.2, 0) is 23.1 Å². The SMILES string of the molecule is CCn1cc(S(=O)(=O)NCc2nccnc2-c2ccco2)nc1C. The van der Waals surface area contributed by atoms with Gasteiger partial charge in [0.15, 0.2) is 10.8 Å². The first-order valence-electron chi connectivity index (χ1n) is 7.38. The summed E-state index contributed by atoms with van der Waals surface area (Å²) in [6.45, 7) is 4.33. The molecule has 0 bridgehead atoms. The zero-order valence-electron chi connectivity index (χ0n) is 13.3. The van der Waals surface area contributed by atoms with Crippen LogP contribution in [0.25, 0.3) is 11.5 Å². The van der Waals surface area contributed by atoms with Crippen LogP contribution in [-0.4, -0.2) is 27.9 Å². The van der Waals surface area contributed by atoms with Gasteiger partial charge in [0.1, 0.15) is 11.5 Å². The van der Waals surface area contributed by atoms with E-state index in [9.17, 15) is 8.42 Å². The van der Waals surface area contributed by atoms with E-state index in [1.807, 2.05) is 6.92 Å². The van der Waals surface area contributed by atoms with Crippen molar-refractivity contribution in [3.63, 3.8) is 0 Å². The van der Waals surface area contributed by atoms with Gasteiger partial charge in [-0.25, -0.2) is 23.1 Å². The average molecular weight is 347 g/mol. The van der Waals surface area contributed by atoms with E-state index >= 15 is 0 Å². The van der Waals surface area contributed by atoms with Gasteiger partial charge in [-0.05, 0) is 26.0 Å². The third kappa shape index (κ3) is 3.22. The molecule has 3 aromatic rings. The molecule has 0 saturated heterocycles. The van der Waals surface area contributed by atoms with E-state index in [-0.39, 0.29) is 11.6 Å². The summed E-state index contributed by atoms with van der Waals surface area (Å²) in [5.41, 5.74) is 0.975. The zero-order chi connectivity index (χ0) is 17.2. The van der Waals surface area contributed by atoms with E-state index in [2.05, 4.69) is 19.7 Å². The third-order valence-electron chi connectivity index (χ3n) is 3.53. The van der Waals surface area contributed by atoms with Gasteiger partial charge in [-0.2, -0.15) is 0 Å². The number of imidazole rings is 1. The Bertz CT molecular complexity index is 932. The van der Waals surface area contributed by atoms with Crippen molar-refractivity contribution >= 4 is 10.0 Å². The Hall–Kier alpha value is -2.52. The molecular formula is C15H17N5O3S. The van der Waals surface area contributed by atoms with Gasteiger partial charge in [0.25, 0.3) is 10.0 Å². The van der Waals surface area contributed by atoms with Gasteiger partial charge in [0.2, 0.25) is 0 Å². The van der Waals surface area contributed by atoms with Crippen molar-refractivity contribution in [1.29, 1.82) is 0 Å². The van der Waals surface area contributed by atoms with E-state index < -0.39 is 10.0 Å². The van der Waals surface area contributed by atoms with Crippen LogP contribution in [0.4, 0.5) is 0 Å². The molecule has 3 aromatic heterocycles. The molecule has 0 fully saturated rings. The molecule has 0 aliphatic heterocycles. The molecule has 0 aliphatic rings. The van der Waals surface area contributed by atoms with Crippen molar-refractivity contribution in [2.24, 2.45) is 0 Å². The van der Waals surface area contributed by atoms with Crippen LogP contribution in [0.15, 0.2) is 46.4 Å². The molecule has 24 heavy (non-hydrogen) atoms. The number of nitrogens with one attached hydrogen (secondary N) is 1. The fourth-order valence-corrected chi connectivity index (χ4v) is 3.27. The normalized spacial score (nSPS) is 11.8. The molecule has 0 aliphatic carbocycles. The lowest BCUT2D eigenvalue weighted by atomic mass is 10.2. The Balaban J connectivity index is 1.83. The maximum absolute atomic E-state index is 12.4. The second-order valence-electron chi connectivity index (χ2n) is 5.07. The fourth-order valence-electron chi connectivity index (χ4n) is 2.28. The second kappa shape index (κ2) is 6.54. The van der Waals surface area contributed by atoms with Crippen LogP contribution in [0.1, 0.15) is 18.4 Å². The Morgan fingerprint density at radius 3 is 2.75 bits per heavy atom. The summed E-state index contributed by atoms with van der Waals surface area (Å²) < 4.78 is 34.4. The molecule has 9 heteroatoms. The van der Waals surface area contributed by atoms with E-state index in [1.165, 1.54) is 24.9 Å². The maximum atomic E-state index is 12.4. The van der Waals surface area contributed by atoms with Gasteiger partial charge < -0.3 is 8.98 Å². The number of rotatable bonds is 6. The molecule has 126 valence electrons. The molecular weight excluding hydrogens is 330 g/mol. The smallest absolute Gasteiger partial charge is 0.259 e. The van der Waals surface area contributed by atoms with Gasteiger partial charge in [0, 0.05) is 25.1 Å². The van der Waals surface area contributed by atoms with Gasteiger partial charge in [-0.15, -0.1) is 0 Å². The molecule has 0 amide bonds. The van der Waals surface area contributed by atoms with Crippen LogP contribution in [0.5, 0.6) is 0 Å². The minimum Gasteiger partial charge on any atom is -0.463 e. The minimum absolute atomic E-state index is 0.00899. The number of sulfonamides is 1. The Morgan fingerprint density at radius 1 is 1.29 bits per heavy atom. The molecule has 0 radical (unpaired) electrons. The summed E-state index contributed by atoms with van der Waals surface area (Å²) in [6, 6.07) is 3.48. The molecule has 0 saturated carbocycles. The van der Waals surface area contributed by atoms with Gasteiger partial charge in [-0.3, -0.25) is 4.98 Å². The van der Waals surface area contributed by atoms with Crippen LogP contribution >= 0.6 is 0 Å². The Labute approximate surface area is 139 Å². The monoisotopic (exact) mass is 347 g/mol. The number of hydrogen-bond donors (Lipinski definition) is 1. The van der Waals surface area contributed by atoms with Crippen LogP contribution in [0, 0.1) is 6.92 Å². The first-order chi connectivity index (χ1) is 11.5. The van der Waals surface area contributed by atoms with Gasteiger partial charge in [-0.1, -0.05) is 0 Å². The molecule has 0 atom stereocenters. The topological polar surface area (TPSA) is 103 Å². The van der Waals surface area contributed by atoms with Crippen LogP contribution in [0.3, 0.4) is 0 Å². The molecule has 0 unspecified atom stereocenters. The lowest BCUT2D eigenvalue weighted by Crippen LogP contribution is -2.24. The number of furan rings is 1. The van der Waals surface area contributed by atoms with Crippen molar-refractivity contribution in [2.75, 3.05) is 0 Å². The largest absolute Gasteiger partial charge is 0.463 e. The quantitative estimate of drug-likeness (QED) is 0.728. The highest BCUT2D eigenvalue weighted by molar-refractivity contribution is 7.89. The molecule has 0 aromatic carbocycles. The highest BCUT2D eigenvalue weighted by Crippen LogP contribution is 2.20. The van der Waals surface area contributed by atoms with Crippen molar-refractivity contribution in [3.05, 3.63) is 48.5 Å². The summed E-state index contributed by atoms with van der Waals surface area (Å²) in [6.07, 6.45) is 6.08. The van der Waals surface area contributed by atoms with E-state index in [4.69, 9.17) is 4.42 Å². The zero-order valence-corrected chi connectivity index (χ0v) is 14.1.